The number of ether oxygens (including phenoxy) is 1. The zero-order chi connectivity index (χ0) is 40.5. The summed E-state index contributed by atoms with van der Waals surface area (Å²) in [6, 6.07) is 21.6. The van der Waals surface area contributed by atoms with E-state index in [0.717, 1.165) is 67.0 Å². The maximum absolute atomic E-state index is 9.73. The van der Waals surface area contributed by atoms with Gasteiger partial charge in [-0.3, -0.25) is 14.5 Å². The molecule has 0 spiro atoms. The lowest BCUT2D eigenvalue weighted by molar-refractivity contribution is 0.0261. The highest BCUT2D eigenvalue weighted by Crippen LogP contribution is 2.48. The summed E-state index contributed by atoms with van der Waals surface area (Å²) >= 11 is 0. The monoisotopic (exact) mass is 719 g/mol. The fourth-order valence-electron chi connectivity index (χ4n) is 8.70. The molecule has 0 radical (unpaired) electrons. The molecule has 0 saturated carbocycles. The Kier molecular flexibility index (Phi) is 7.54. The van der Waals surface area contributed by atoms with Gasteiger partial charge in [-0.1, -0.05) is 79.2 Å². The second-order valence-corrected chi connectivity index (χ2v) is 18.5. The third-order valence-electron chi connectivity index (χ3n) is 11.8. The number of fused-ring (bicyclic) bond motifs is 5. The summed E-state index contributed by atoms with van der Waals surface area (Å²) in [5.74, 6) is 1.30. The number of benzene rings is 2. The van der Waals surface area contributed by atoms with Gasteiger partial charge in [-0.25, -0.2) is 9.98 Å². The smallest absolute Gasteiger partial charge is 0.217 e. The van der Waals surface area contributed by atoms with Gasteiger partial charge < -0.3 is 4.74 Å². The van der Waals surface area contributed by atoms with Crippen LogP contribution in [0, 0.1) is 20.8 Å². The van der Waals surface area contributed by atoms with E-state index in [1.807, 2.05) is 27.0 Å². The minimum absolute atomic E-state index is 0.00543. The van der Waals surface area contributed by atoms with Crippen LogP contribution in [0.3, 0.4) is 0 Å². The Balaban J connectivity index is 1.31. The summed E-state index contributed by atoms with van der Waals surface area (Å²) in [5, 5.41) is 2.29. The lowest BCUT2D eigenvalue weighted by Crippen LogP contribution is -2.53. The minimum Gasteiger partial charge on any atom is -0.468 e. The molecule has 0 amide bonds. The van der Waals surface area contributed by atoms with Crippen LogP contribution in [0.15, 0.2) is 71.9 Å². The number of hydrogen-bond acceptors (Lipinski definition) is 5. The van der Waals surface area contributed by atoms with Crippen molar-refractivity contribution in [2.24, 2.45) is 4.99 Å². The zero-order valence-corrected chi connectivity index (χ0v) is 34.3. The third kappa shape index (κ3) is 5.75. The summed E-state index contributed by atoms with van der Waals surface area (Å²) in [6.07, 6.45) is 0.518. The second-order valence-electron chi connectivity index (χ2n) is 18.5. The standard InChI is InChI=1S/C48H55N5O/c1-27(2)37-21-32(44-52-47(12)26-39-36(25-48(47,13)54-44)29(4)43(30(5)50-39)46(9,10)11)23-42(51-37)53-40-17-14-28(3)20-35(40)34-16-15-31(22-41(34)53)38-24-33(18-19-49-38)45(6,7)8/h14-24,27H,25-26H2,1-13H3/t47-,48-/m0/s1/i26D2. The molecule has 0 saturated heterocycles. The maximum Gasteiger partial charge on any atom is 0.217 e. The van der Waals surface area contributed by atoms with E-state index in [9.17, 15) is 2.74 Å². The van der Waals surface area contributed by atoms with Gasteiger partial charge in [0.05, 0.1) is 16.7 Å². The first kappa shape index (κ1) is 33.7. The van der Waals surface area contributed by atoms with Crippen LogP contribution in [0.5, 0.6) is 0 Å². The first-order valence-electron chi connectivity index (χ1n) is 20.4. The molecule has 0 N–H and O–H groups in total. The van der Waals surface area contributed by atoms with Crippen LogP contribution in [0.1, 0.15) is 128 Å². The Bertz CT molecular complexity index is 2640. The average molecular weight is 720 g/mol. The van der Waals surface area contributed by atoms with Crippen molar-refractivity contribution in [3.63, 3.8) is 0 Å². The Hall–Kier alpha value is -4.84. The highest BCUT2D eigenvalue weighted by atomic mass is 16.5. The van der Waals surface area contributed by atoms with E-state index in [2.05, 4.69) is 134 Å². The van der Waals surface area contributed by atoms with Gasteiger partial charge in [0.1, 0.15) is 17.0 Å². The van der Waals surface area contributed by atoms with Crippen molar-refractivity contribution in [2.45, 2.75) is 131 Å². The Labute approximate surface area is 324 Å². The molecule has 0 unspecified atom stereocenters. The Morgan fingerprint density at radius 3 is 2.28 bits per heavy atom. The van der Waals surface area contributed by atoms with Gasteiger partial charge in [0.25, 0.3) is 0 Å². The lowest BCUT2D eigenvalue weighted by Gasteiger charge is -2.43. The van der Waals surface area contributed by atoms with Gasteiger partial charge in [0.15, 0.2) is 0 Å². The van der Waals surface area contributed by atoms with E-state index in [0.29, 0.717) is 18.0 Å². The summed E-state index contributed by atoms with van der Waals surface area (Å²) in [4.78, 5) is 20.4. The van der Waals surface area contributed by atoms with Gasteiger partial charge in [-0.15, -0.1) is 0 Å². The molecule has 1 aliphatic carbocycles. The summed E-state index contributed by atoms with van der Waals surface area (Å²) < 4.78 is 28.7. The van der Waals surface area contributed by atoms with Crippen molar-refractivity contribution in [3.05, 3.63) is 117 Å². The average Bonchev–Trinajstić information content (AvgIpc) is 3.59. The Morgan fingerprint density at radius 1 is 0.815 bits per heavy atom. The van der Waals surface area contributed by atoms with Crippen molar-refractivity contribution in [1.29, 1.82) is 0 Å². The normalized spacial score (nSPS) is 21.5. The molecule has 0 bridgehead atoms. The van der Waals surface area contributed by atoms with Crippen LogP contribution in [-0.4, -0.2) is 36.6 Å². The molecule has 0 fully saturated rings. The quantitative estimate of drug-likeness (QED) is 0.182. The van der Waals surface area contributed by atoms with Gasteiger partial charge >= 0.3 is 0 Å². The van der Waals surface area contributed by atoms with Crippen LogP contribution >= 0.6 is 0 Å². The molecule has 4 aromatic heterocycles. The highest BCUT2D eigenvalue weighted by molar-refractivity contribution is 6.10. The topological polar surface area (TPSA) is 65.2 Å². The molecular formula is C48H55N5O. The number of hydrogen-bond donors (Lipinski definition) is 0. The van der Waals surface area contributed by atoms with Crippen LogP contribution < -0.4 is 0 Å². The van der Waals surface area contributed by atoms with E-state index in [4.69, 9.17) is 24.7 Å². The molecule has 5 heterocycles. The van der Waals surface area contributed by atoms with Gasteiger partial charge in [-0.05, 0) is 116 Å². The summed E-state index contributed by atoms with van der Waals surface area (Å²) in [6.45, 7) is 27.7. The number of aromatic nitrogens is 4. The molecule has 278 valence electrons. The van der Waals surface area contributed by atoms with Crippen LogP contribution in [-0.2, 0) is 28.4 Å². The number of rotatable bonds is 4. The number of nitrogens with zero attached hydrogens (tertiary/aromatic N) is 5. The molecule has 2 aromatic carbocycles. The minimum atomic E-state index is -1.89. The van der Waals surface area contributed by atoms with Crippen molar-refractivity contribution in [3.8, 4) is 17.1 Å². The molecular weight excluding hydrogens is 663 g/mol. The van der Waals surface area contributed by atoms with Crippen LogP contribution in [0.4, 0.5) is 0 Å². The van der Waals surface area contributed by atoms with Crippen LogP contribution in [0.25, 0.3) is 38.9 Å². The number of aryl methyl sites for hydroxylation is 2. The molecule has 2 aliphatic rings. The molecule has 6 aromatic rings. The van der Waals surface area contributed by atoms with E-state index in [1.165, 1.54) is 16.7 Å². The van der Waals surface area contributed by atoms with Gasteiger partial charge in [0, 0.05) is 60.7 Å². The van der Waals surface area contributed by atoms with Gasteiger partial charge in [-0.2, -0.15) is 0 Å². The first-order valence-corrected chi connectivity index (χ1v) is 19.4. The molecule has 2 atom stereocenters. The largest absolute Gasteiger partial charge is 0.468 e. The SMILES string of the molecule is [2H]C1([2H])c2nc(C)c(C(C)(C)C)c(C)c2C[C@]2(C)OC(c3cc(C(C)C)nc(-n4c5ccc(C)cc5c5ccc(-c6cc(C(C)(C)C)ccn6)cc54)c3)=N[C@@]12C. The zero-order valence-electron chi connectivity index (χ0n) is 36.3. The van der Waals surface area contributed by atoms with E-state index >= 15 is 0 Å². The molecule has 6 heteroatoms. The number of aliphatic imine (C=N–C) groups is 1. The molecule has 6 nitrogen and oxygen atoms in total. The predicted octanol–water partition coefficient (Wildman–Crippen LogP) is 11.4. The fourth-order valence-corrected chi connectivity index (χ4v) is 8.70. The Morgan fingerprint density at radius 2 is 1.57 bits per heavy atom. The van der Waals surface area contributed by atoms with E-state index in [1.54, 1.807) is 0 Å². The highest BCUT2D eigenvalue weighted by Gasteiger charge is 2.56. The first-order chi connectivity index (χ1) is 26.0. The predicted molar refractivity (Wildman–Crippen MR) is 224 cm³/mol. The van der Waals surface area contributed by atoms with Gasteiger partial charge in [0.2, 0.25) is 5.90 Å². The van der Waals surface area contributed by atoms with E-state index < -0.39 is 17.5 Å². The maximum atomic E-state index is 9.73. The van der Waals surface area contributed by atoms with Crippen molar-refractivity contribution in [2.75, 3.05) is 0 Å². The third-order valence-corrected chi connectivity index (χ3v) is 11.8. The molecule has 1 aliphatic heterocycles. The second kappa shape index (κ2) is 12.1. The van der Waals surface area contributed by atoms with Crippen molar-refractivity contribution < 1.29 is 7.48 Å². The van der Waals surface area contributed by atoms with Crippen LogP contribution in [0.2, 0.25) is 0 Å². The fraction of sp³-hybridized carbons (Fsp3) is 0.417. The molecule has 8 rings (SSSR count). The summed E-state index contributed by atoms with van der Waals surface area (Å²) in [7, 11) is 0. The molecule has 54 heavy (non-hydrogen) atoms. The summed E-state index contributed by atoms with van der Waals surface area (Å²) in [5.41, 5.74) is 10.4. The number of pyridine rings is 3. The van der Waals surface area contributed by atoms with E-state index in [-0.39, 0.29) is 16.7 Å². The van der Waals surface area contributed by atoms with Crippen molar-refractivity contribution in [1.82, 2.24) is 19.5 Å². The van der Waals surface area contributed by atoms with Crippen molar-refractivity contribution >= 4 is 27.7 Å². The lowest BCUT2D eigenvalue weighted by atomic mass is 9.68.